The lowest BCUT2D eigenvalue weighted by molar-refractivity contribution is -0.142. The molecule has 1 aromatic rings. The molecule has 2 atom stereocenters. The van der Waals surface area contributed by atoms with Crippen LogP contribution >= 0.6 is 11.6 Å². The van der Waals surface area contributed by atoms with Gasteiger partial charge in [-0.05, 0) is 30.5 Å². The monoisotopic (exact) mass is 239 g/mol. The molecule has 0 amide bonds. The van der Waals surface area contributed by atoms with Crippen LogP contribution in [0.4, 0.5) is 0 Å². The van der Waals surface area contributed by atoms with Gasteiger partial charge in [0.2, 0.25) is 0 Å². The van der Waals surface area contributed by atoms with E-state index in [9.17, 15) is 4.79 Å². The fourth-order valence-corrected chi connectivity index (χ4v) is 2.15. The summed E-state index contributed by atoms with van der Waals surface area (Å²) in [4.78, 5) is 11.3. The topological polar surface area (TPSA) is 38.3 Å². The Balaban J connectivity index is 2.03. The van der Waals surface area contributed by atoms with Gasteiger partial charge in [0, 0.05) is 11.1 Å². The van der Waals surface area contributed by atoms with Crippen LogP contribution in [0.1, 0.15) is 24.4 Å². The fourth-order valence-electron chi connectivity index (χ4n) is 2.03. The van der Waals surface area contributed by atoms with Crippen LogP contribution < -0.4 is 5.32 Å². The van der Waals surface area contributed by atoms with Crippen LogP contribution in [0.3, 0.4) is 0 Å². The van der Waals surface area contributed by atoms with Crippen LogP contribution in [0.25, 0.3) is 0 Å². The molecule has 0 bridgehead atoms. The Hall–Kier alpha value is -1.06. The highest BCUT2D eigenvalue weighted by molar-refractivity contribution is 6.30. The van der Waals surface area contributed by atoms with Crippen molar-refractivity contribution in [3.63, 3.8) is 0 Å². The van der Waals surface area contributed by atoms with Crippen molar-refractivity contribution in [3.8, 4) is 0 Å². The van der Waals surface area contributed by atoms with Gasteiger partial charge in [-0.1, -0.05) is 23.7 Å². The van der Waals surface area contributed by atoms with E-state index >= 15 is 0 Å². The molecular formula is C12H14ClNO2. The van der Waals surface area contributed by atoms with E-state index < -0.39 is 0 Å². The van der Waals surface area contributed by atoms with Crippen LogP contribution in [-0.2, 0) is 9.53 Å². The maximum absolute atomic E-state index is 11.3. The molecule has 0 radical (unpaired) electrons. The first-order chi connectivity index (χ1) is 7.70. The number of nitrogens with one attached hydrogen (secondary N) is 1. The molecule has 1 aliphatic rings. The van der Waals surface area contributed by atoms with Gasteiger partial charge in [0.25, 0.3) is 0 Å². The van der Waals surface area contributed by atoms with E-state index in [1.165, 1.54) is 7.11 Å². The third-order valence-electron chi connectivity index (χ3n) is 2.90. The highest BCUT2D eigenvalue weighted by Crippen LogP contribution is 2.27. The van der Waals surface area contributed by atoms with Crippen molar-refractivity contribution in [2.75, 3.05) is 7.11 Å². The molecule has 2 rings (SSSR count). The van der Waals surface area contributed by atoms with Gasteiger partial charge in [0.1, 0.15) is 6.04 Å². The second kappa shape index (κ2) is 4.85. The molecular weight excluding hydrogens is 226 g/mol. The Kier molecular flexibility index (Phi) is 3.46. The first kappa shape index (κ1) is 11.4. The molecule has 0 aliphatic carbocycles. The smallest absolute Gasteiger partial charge is 0.322 e. The van der Waals surface area contributed by atoms with Gasteiger partial charge < -0.3 is 4.74 Å². The summed E-state index contributed by atoms with van der Waals surface area (Å²) in [6.07, 6.45) is 1.77. The fraction of sp³-hybridized carbons (Fsp3) is 0.417. The molecule has 1 aromatic carbocycles. The van der Waals surface area contributed by atoms with E-state index in [4.69, 9.17) is 16.3 Å². The van der Waals surface area contributed by atoms with E-state index in [1.54, 1.807) is 0 Å². The lowest BCUT2D eigenvalue weighted by atomic mass is 10.1. The number of hydrogen-bond donors (Lipinski definition) is 1. The van der Waals surface area contributed by atoms with Gasteiger partial charge in [-0.3, -0.25) is 10.1 Å². The molecule has 1 fully saturated rings. The second-order valence-electron chi connectivity index (χ2n) is 3.92. The summed E-state index contributed by atoms with van der Waals surface area (Å²) in [5.41, 5.74) is 1.16. The molecule has 1 heterocycles. The van der Waals surface area contributed by atoms with Crippen molar-refractivity contribution in [2.24, 2.45) is 0 Å². The SMILES string of the molecule is COC(=O)[C@@H]1CCC(c2ccc(Cl)cc2)N1. The first-order valence-corrected chi connectivity index (χ1v) is 5.68. The quantitative estimate of drug-likeness (QED) is 0.805. The summed E-state index contributed by atoms with van der Waals surface area (Å²) >= 11 is 5.83. The van der Waals surface area contributed by atoms with E-state index in [2.05, 4.69) is 5.32 Å². The zero-order chi connectivity index (χ0) is 11.5. The minimum Gasteiger partial charge on any atom is -0.468 e. The second-order valence-corrected chi connectivity index (χ2v) is 4.36. The highest BCUT2D eigenvalue weighted by Gasteiger charge is 2.30. The zero-order valence-corrected chi connectivity index (χ0v) is 9.83. The Bertz CT molecular complexity index is 377. The van der Waals surface area contributed by atoms with Gasteiger partial charge in [0.15, 0.2) is 0 Å². The molecule has 16 heavy (non-hydrogen) atoms. The molecule has 3 nitrogen and oxygen atoms in total. The third-order valence-corrected chi connectivity index (χ3v) is 3.16. The summed E-state index contributed by atoms with van der Waals surface area (Å²) in [6.45, 7) is 0. The maximum Gasteiger partial charge on any atom is 0.322 e. The number of carbonyl (C=O) groups is 1. The Morgan fingerprint density at radius 1 is 1.38 bits per heavy atom. The average molecular weight is 240 g/mol. The highest BCUT2D eigenvalue weighted by atomic mass is 35.5. The molecule has 4 heteroatoms. The van der Waals surface area contributed by atoms with Crippen molar-refractivity contribution < 1.29 is 9.53 Å². The summed E-state index contributed by atoms with van der Waals surface area (Å²) in [5, 5.41) is 3.99. The molecule has 1 unspecified atom stereocenters. The first-order valence-electron chi connectivity index (χ1n) is 5.30. The summed E-state index contributed by atoms with van der Waals surface area (Å²) in [6, 6.07) is 7.75. The van der Waals surface area contributed by atoms with Gasteiger partial charge in [0.05, 0.1) is 7.11 Å². The number of esters is 1. The number of hydrogen-bond acceptors (Lipinski definition) is 3. The van der Waals surface area contributed by atoms with Gasteiger partial charge >= 0.3 is 5.97 Å². The molecule has 0 spiro atoms. The lowest BCUT2D eigenvalue weighted by Gasteiger charge is -2.13. The van der Waals surface area contributed by atoms with E-state index in [1.807, 2.05) is 24.3 Å². The maximum atomic E-state index is 11.3. The number of methoxy groups -OCH3 is 1. The van der Waals surface area contributed by atoms with Gasteiger partial charge in [-0.2, -0.15) is 0 Å². The number of carbonyl (C=O) groups excluding carboxylic acids is 1. The van der Waals surface area contributed by atoms with Gasteiger partial charge in [-0.25, -0.2) is 0 Å². The van der Waals surface area contributed by atoms with Gasteiger partial charge in [-0.15, -0.1) is 0 Å². The van der Waals surface area contributed by atoms with E-state index in [0.29, 0.717) is 0 Å². The van der Waals surface area contributed by atoms with Crippen molar-refractivity contribution >= 4 is 17.6 Å². The van der Waals surface area contributed by atoms with E-state index in [0.717, 1.165) is 23.4 Å². The minimum absolute atomic E-state index is 0.175. The number of halogens is 1. The predicted octanol–water partition coefficient (Wildman–Crippen LogP) is 2.31. The van der Waals surface area contributed by atoms with Crippen molar-refractivity contribution in [1.82, 2.24) is 5.32 Å². The molecule has 1 N–H and O–H groups in total. The number of rotatable bonds is 2. The average Bonchev–Trinajstić information content (AvgIpc) is 2.78. The normalized spacial score (nSPS) is 24.4. The molecule has 0 aromatic heterocycles. The van der Waals surface area contributed by atoms with Crippen LogP contribution in [0.15, 0.2) is 24.3 Å². The van der Waals surface area contributed by atoms with Crippen molar-refractivity contribution in [2.45, 2.75) is 24.9 Å². The Morgan fingerprint density at radius 3 is 2.69 bits per heavy atom. The zero-order valence-electron chi connectivity index (χ0n) is 9.07. The summed E-state index contributed by atoms with van der Waals surface area (Å²) in [7, 11) is 1.42. The number of ether oxygens (including phenoxy) is 1. The molecule has 0 saturated carbocycles. The standard InChI is InChI=1S/C12H14ClNO2/c1-16-12(15)11-7-6-10(14-11)8-2-4-9(13)5-3-8/h2-5,10-11,14H,6-7H2,1H3/t10?,11-/m0/s1. The summed E-state index contributed by atoms with van der Waals surface area (Å²) in [5.74, 6) is -0.184. The van der Waals surface area contributed by atoms with E-state index in [-0.39, 0.29) is 18.1 Å². The molecule has 1 aliphatic heterocycles. The Morgan fingerprint density at radius 2 is 2.06 bits per heavy atom. The molecule has 86 valence electrons. The largest absolute Gasteiger partial charge is 0.468 e. The lowest BCUT2D eigenvalue weighted by Crippen LogP contribution is -2.33. The molecule has 1 saturated heterocycles. The van der Waals surface area contributed by atoms with Crippen molar-refractivity contribution in [3.05, 3.63) is 34.9 Å². The van der Waals surface area contributed by atoms with Crippen LogP contribution in [0.2, 0.25) is 5.02 Å². The van der Waals surface area contributed by atoms with Crippen LogP contribution in [0.5, 0.6) is 0 Å². The summed E-state index contributed by atoms with van der Waals surface area (Å²) < 4.78 is 4.71. The van der Waals surface area contributed by atoms with Crippen molar-refractivity contribution in [1.29, 1.82) is 0 Å². The van der Waals surface area contributed by atoms with Crippen LogP contribution in [-0.4, -0.2) is 19.1 Å². The predicted molar refractivity (Wildman–Crippen MR) is 62.4 cm³/mol. The minimum atomic E-state index is -0.184. The third kappa shape index (κ3) is 2.36. The Labute approximate surface area is 99.7 Å². The van der Waals surface area contributed by atoms with Crippen LogP contribution in [0, 0.1) is 0 Å². The number of benzene rings is 1.